The summed E-state index contributed by atoms with van der Waals surface area (Å²) in [6, 6.07) is 15.4. The lowest BCUT2D eigenvalue weighted by Crippen LogP contribution is -2.02. The minimum absolute atomic E-state index is 0.512. The third-order valence-corrected chi connectivity index (χ3v) is 4.13. The first-order valence-electron chi connectivity index (χ1n) is 8.42. The fourth-order valence-electron chi connectivity index (χ4n) is 2.44. The van der Waals surface area contributed by atoms with Crippen LogP contribution in [0.2, 0.25) is 5.02 Å². The number of aromatic nitrogens is 2. The highest BCUT2D eigenvalue weighted by Gasteiger charge is 2.05. The van der Waals surface area contributed by atoms with Crippen molar-refractivity contribution in [1.82, 2.24) is 9.97 Å². The SMILES string of the molecule is CCOc1ccc(Nc2cc(C)nc(Nc3ccc(C)c(Cl)c3)n2)cc1. The van der Waals surface area contributed by atoms with Gasteiger partial charge in [-0.25, -0.2) is 4.98 Å². The van der Waals surface area contributed by atoms with Gasteiger partial charge in [0, 0.05) is 28.2 Å². The quantitative estimate of drug-likeness (QED) is 0.590. The average Bonchev–Trinajstić information content (AvgIpc) is 2.60. The molecule has 1 heterocycles. The molecule has 0 saturated carbocycles. The molecule has 0 amide bonds. The zero-order valence-corrected chi connectivity index (χ0v) is 15.8. The first-order valence-corrected chi connectivity index (χ1v) is 8.80. The molecular weight excluding hydrogens is 348 g/mol. The van der Waals surface area contributed by atoms with E-state index in [0.717, 1.165) is 28.4 Å². The molecule has 0 saturated heterocycles. The van der Waals surface area contributed by atoms with Crippen LogP contribution in [0.3, 0.4) is 0 Å². The second-order valence-corrected chi connectivity index (χ2v) is 6.30. The highest BCUT2D eigenvalue weighted by Crippen LogP contribution is 2.24. The molecule has 0 fully saturated rings. The lowest BCUT2D eigenvalue weighted by atomic mass is 10.2. The Morgan fingerprint density at radius 1 is 0.923 bits per heavy atom. The number of ether oxygens (including phenoxy) is 1. The molecular formula is C20H21ClN4O. The molecule has 0 atom stereocenters. The second kappa shape index (κ2) is 8.06. The summed E-state index contributed by atoms with van der Waals surface area (Å²) in [4.78, 5) is 8.96. The van der Waals surface area contributed by atoms with E-state index >= 15 is 0 Å². The van der Waals surface area contributed by atoms with Crippen LogP contribution in [0.1, 0.15) is 18.2 Å². The third-order valence-electron chi connectivity index (χ3n) is 3.72. The van der Waals surface area contributed by atoms with Gasteiger partial charge in [-0.05, 0) is 62.7 Å². The van der Waals surface area contributed by atoms with Crippen molar-refractivity contribution in [3.63, 3.8) is 0 Å². The first kappa shape index (κ1) is 18.0. The van der Waals surface area contributed by atoms with Crippen LogP contribution in [0, 0.1) is 13.8 Å². The van der Waals surface area contributed by atoms with Crippen LogP contribution in [0.5, 0.6) is 5.75 Å². The van der Waals surface area contributed by atoms with Crippen LogP contribution in [0.25, 0.3) is 0 Å². The molecule has 0 aliphatic heterocycles. The van der Waals surface area contributed by atoms with Gasteiger partial charge in [0.1, 0.15) is 11.6 Å². The van der Waals surface area contributed by atoms with Gasteiger partial charge in [-0.15, -0.1) is 0 Å². The fraction of sp³-hybridized carbons (Fsp3) is 0.200. The van der Waals surface area contributed by atoms with Crippen molar-refractivity contribution in [3.8, 4) is 5.75 Å². The van der Waals surface area contributed by atoms with Gasteiger partial charge in [0.25, 0.3) is 0 Å². The number of anilines is 4. The van der Waals surface area contributed by atoms with E-state index in [1.165, 1.54) is 0 Å². The Balaban J connectivity index is 1.77. The van der Waals surface area contributed by atoms with Gasteiger partial charge >= 0.3 is 0 Å². The second-order valence-electron chi connectivity index (χ2n) is 5.89. The van der Waals surface area contributed by atoms with Crippen LogP contribution in [0.4, 0.5) is 23.1 Å². The number of halogens is 1. The number of nitrogens with one attached hydrogen (secondary N) is 2. The molecule has 2 N–H and O–H groups in total. The third kappa shape index (κ3) is 4.64. The normalized spacial score (nSPS) is 10.5. The van der Waals surface area contributed by atoms with E-state index in [1.807, 2.05) is 69.3 Å². The summed E-state index contributed by atoms with van der Waals surface area (Å²) in [6.07, 6.45) is 0. The molecule has 0 aliphatic rings. The van der Waals surface area contributed by atoms with Crippen molar-refractivity contribution < 1.29 is 4.74 Å². The molecule has 5 nitrogen and oxygen atoms in total. The predicted octanol–water partition coefficient (Wildman–Crippen LogP) is 5.63. The minimum Gasteiger partial charge on any atom is -0.494 e. The maximum Gasteiger partial charge on any atom is 0.229 e. The van der Waals surface area contributed by atoms with Crippen molar-refractivity contribution in [3.05, 3.63) is 64.8 Å². The molecule has 3 rings (SSSR count). The number of nitrogens with zero attached hydrogens (tertiary/aromatic N) is 2. The maximum absolute atomic E-state index is 6.18. The lowest BCUT2D eigenvalue weighted by molar-refractivity contribution is 0.340. The number of hydrogen-bond donors (Lipinski definition) is 2. The summed E-state index contributed by atoms with van der Waals surface area (Å²) in [6.45, 7) is 6.51. The molecule has 2 aromatic carbocycles. The predicted molar refractivity (Wildman–Crippen MR) is 107 cm³/mol. The Morgan fingerprint density at radius 2 is 1.65 bits per heavy atom. The Bertz CT molecular complexity index is 897. The van der Waals surface area contributed by atoms with Crippen LogP contribution in [-0.4, -0.2) is 16.6 Å². The molecule has 0 bridgehead atoms. The highest BCUT2D eigenvalue weighted by atomic mass is 35.5. The average molecular weight is 369 g/mol. The van der Waals surface area contributed by atoms with E-state index in [4.69, 9.17) is 16.3 Å². The van der Waals surface area contributed by atoms with Gasteiger partial charge in [-0.2, -0.15) is 4.98 Å². The van der Waals surface area contributed by atoms with Crippen molar-refractivity contribution >= 4 is 34.7 Å². The smallest absolute Gasteiger partial charge is 0.229 e. The van der Waals surface area contributed by atoms with E-state index in [1.54, 1.807) is 0 Å². The molecule has 0 spiro atoms. The summed E-state index contributed by atoms with van der Waals surface area (Å²) in [7, 11) is 0. The van der Waals surface area contributed by atoms with Crippen LogP contribution >= 0.6 is 11.6 Å². The summed E-state index contributed by atoms with van der Waals surface area (Å²) in [5.74, 6) is 2.07. The zero-order valence-electron chi connectivity index (χ0n) is 15.0. The molecule has 1 aromatic heterocycles. The molecule has 134 valence electrons. The molecule has 3 aromatic rings. The topological polar surface area (TPSA) is 59.1 Å². The summed E-state index contributed by atoms with van der Waals surface area (Å²) < 4.78 is 5.46. The van der Waals surface area contributed by atoms with Crippen molar-refractivity contribution in [2.45, 2.75) is 20.8 Å². The molecule has 26 heavy (non-hydrogen) atoms. The van der Waals surface area contributed by atoms with Crippen LogP contribution in [-0.2, 0) is 0 Å². The molecule has 0 aliphatic carbocycles. The number of benzene rings is 2. The van der Waals surface area contributed by atoms with Crippen LogP contribution in [0.15, 0.2) is 48.5 Å². The Kier molecular flexibility index (Phi) is 5.58. The largest absolute Gasteiger partial charge is 0.494 e. The van der Waals surface area contributed by atoms with Gasteiger partial charge < -0.3 is 15.4 Å². The lowest BCUT2D eigenvalue weighted by Gasteiger charge is -2.11. The molecule has 0 unspecified atom stereocenters. The van der Waals surface area contributed by atoms with E-state index in [0.29, 0.717) is 23.4 Å². The van der Waals surface area contributed by atoms with Crippen molar-refractivity contribution in [2.75, 3.05) is 17.2 Å². The Labute approximate surface area is 158 Å². The minimum atomic E-state index is 0.512. The monoisotopic (exact) mass is 368 g/mol. The Morgan fingerprint density at radius 3 is 2.35 bits per heavy atom. The van der Waals surface area contributed by atoms with E-state index in [9.17, 15) is 0 Å². The first-order chi connectivity index (χ1) is 12.5. The zero-order chi connectivity index (χ0) is 18.5. The van der Waals surface area contributed by atoms with Gasteiger partial charge in [-0.3, -0.25) is 0 Å². The highest BCUT2D eigenvalue weighted by molar-refractivity contribution is 6.31. The van der Waals surface area contributed by atoms with Crippen molar-refractivity contribution in [1.29, 1.82) is 0 Å². The van der Waals surface area contributed by atoms with Crippen LogP contribution < -0.4 is 15.4 Å². The van der Waals surface area contributed by atoms with E-state index in [2.05, 4.69) is 20.6 Å². The summed E-state index contributed by atoms with van der Waals surface area (Å²) >= 11 is 6.18. The van der Waals surface area contributed by atoms with Gasteiger partial charge in [0.05, 0.1) is 6.61 Å². The summed E-state index contributed by atoms with van der Waals surface area (Å²) in [5.41, 5.74) is 3.66. The van der Waals surface area contributed by atoms with E-state index < -0.39 is 0 Å². The Hall–Kier alpha value is -2.79. The number of hydrogen-bond acceptors (Lipinski definition) is 5. The van der Waals surface area contributed by atoms with Gasteiger partial charge in [0.2, 0.25) is 5.95 Å². The van der Waals surface area contributed by atoms with Crippen molar-refractivity contribution in [2.24, 2.45) is 0 Å². The fourth-order valence-corrected chi connectivity index (χ4v) is 2.62. The number of aryl methyl sites for hydroxylation is 2. The number of rotatable bonds is 6. The van der Waals surface area contributed by atoms with Gasteiger partial charge in [-0.1, -0.05) is 17.7 Å². The molecule has 6 heteroatoms. The van der Waals surface area contributed by atoms with E-state index in [-0.39, 0.29) is 0 Å². The standard InChI is InChI=1S/C20H21ClN4O/c1-4-26-17-9-7-15(8-10-17)23-19-11-14(3)22-20(25-19)24-16-6-5-13(2)18(21)12-16/h5-12H,4H2,1-3H3,(H2,22,23,24,25). The maximum atomic E-state index is 6.18. The molecule has 0 radical (unpaired) electrons. The van der Waals surface area contributed by atoms with Gasteiger partial charge in [0.15, 0.2) is 0 Å². The summed E-state index contributed by atoms with van der Waals surface area (Å²) in [5, 5.41) is 7.19.